The Morgan fingerprint density at radius 1 is 1.30 bits per heavy atom. The summed E-state index contributed by atoms with van der Waals surface area (Å²) in [7, 11) is 0. The standard InChI is InChI=1S/C16H14Cl2N4O/c1-9(23)21-4-5-22-13(8-21)14(10-6-19-20-7-10)11-2-3-12(17)15(18)16(11)22/h2-3,6-7H,4-5,8H2,1H3,(H,19,20). The molecule has 0 radical (unpaired) electrons. The largest absolute Gasteiger partial charge is 0.339 e. The second kappa shape index (κ2) is 5.28. The first kappa shape index (κ1) is 14.6. The lowest BCUT2D eigenvalue weighted by atomic mass is 10.0. The van der Waals surface area contributed by atoms with Crippen molar-refractivity contribution in [3.63, 3.8) is 0 Å². The van der Waals surface area contributed by atoms with Gasteiger partial charge in [0.2, 0.25) is 5.91 Å². The number of aromatic amines is 1. The zero-order valence-electron chi connectivity index (χ0n) is 12.4. The summed E-state index contributed by atoms with van der Waals surface area (Å²) >= 11 is 12.7. The van der Waals surface area contributed by atoms with Gasteiger partial charge in [-0.2, -0.15) is 5.10 Å². The molecule has 4 rings (SSSR count). The first-order chi connectivity index (χ1) is 11.1. The molecule has 0 saturated carbocycles. The van der Waals surface area contributed by atoms with E-state index in [1.54, 1.807) is 13.1 Å². The molecule has 1 N–H and O–H groups in total. The molecule has 118 valence electrons. The minimum absolute atomic E-state index is 0.0729. The second-order valence-corrected chi connectivity index (χ2v) is 6.44. The van der Waals surface area contributed by atoms with Crippen LogP contribution in [0.5, 0.6) is 0 Å². The fraction of sp³-hybridized carbons (Fsp3) is 0.250. The van der Waals surface area contributed by atoms with Crippen LogP contribution in [0.1, 0.15) is 12.6 Å². The van der Waals surface area contributed by atoms with Gasteiger partial charge in [-0.05, 0) is 6.07 Å². The number of benzene rings is 1. The van der Waals surface area contributed by atoms with Crippen molar-refractivity contribution in [3.8, 4) is 11.1 Å². The molecule has 2 aromatic heterocycles. The summed E-state index contributed by atoms with van der Waals surface area (Å²) in [5.41, 5.74) is 4.02. The van der Waals surface area contributed by atoms with Crippen molar-refractivity contribution in [2.24, 2.45) is 0 Å². The van der Waals surface area contributed by atoms with Crippen LogP contribution in [0.2, 0.25) is 10.0 Å². The average Bonchev–Trinajstić information content (AvgIpc) is 3.15. The van der Waals surface area contributed by atoms with Gasteiger partial charge in [-0.1, -0.05) is 29.3 Å². The number of fused-ring (bicyclic) bond motifs is 3. The number of amides is 1. The van der Waals surface area contributed by atoms with Gasteiger partial charge in [-0.25, -0.2) is 0 Å². The quantitative estimate of drug-likeness (QED) is 0.728. The fourth-order valence-electron chi connectivity index (χ4n) is 3.30. The molecule has 1 aliphatic rings. The zero-order chi connectivity index (χ0) is 16.1. The number of H-pyrrole nitrogens is 1. The van der Waals surface area contributed by atoms with E-state index in [2.05, 4.69) is 14.8 Å². The van der Waals surface area contributed by atoms with Gasteiger partial charge in [-0.3, -0.25) is 9.89 Å². The molecule has 0 atom stereocenters. The highest BCUT2D eigenvalue weighted by molar-refractivity contribution is 6.45. The molecular formula is C16H14Cl2N4O. The molecule has 0 spiro atoms. The Bertz CT molecular complexity index is 914. The summed E-state index contributed by atoms with van der Waals surface area (Å²) in [6.45, 7) is 3.52. The van der Waals surface area contributed by atoms with Gasteiger partial charge >= 0.3 is 0 Å². The summed E-state index contributed by atoms with van der Waals surface area (Å²) in [5.74, 6) is 0.0729. The van der Waals surface area contributed by atoms with Gasteiger partial charge in [0, 0.05) is 48.4 Å². The number of carbonyl (C=O) groups excluding carboxylic acids is 1. The van der Waals surface area contributed by atoms with Crippen LogP contribution >= 0.6 is 23.2 Å². The minimum Gasteiger partial charge on any atom is -0.339 e. The maximum Gasteiger partial charge on any atom is 0.219 e. The maximum atomic E-state index is 11.8. The second-order valence-electron chi connectivity index (χ2n) is 5.66. The molecule has 23 heavy (non-hydrogen) atoms. The molecular weight excluding hydrogens is 335 g/mol. The van der Waals surface area contributed by atoms with Crippen molar-refractivity contribution >= 4 is 40.0 Å². The van der Waals surface area contributed by atoms with Gasteiger partial charge in [0.25, 0.3) is 0 Å². The first-order valence-corrected chi connectivity index (χ1v) is 8.07. The predicted molar refractivity (Wildman–Crippen MR) is 90.6 cm³/mol. The van der Waals surface area contributed by atoms with Crippen molar-refractivity contribution in [2.45, 2.75) is 20.0 Å². The third-order valence-electron chi connectivity index (χ3n) is 4.39. The number of aromatic nitrogens is 3. The minimum atomic E-state index is 0.0729. The Kier molecular flexibility index (Phi) is 3.36. The van der Waals surface area contributed by atoms with Crippen molar-refractivity contribution in [2.75, 3.05) is 6.54 Å². The molecule has 0 bridgehead atoms. The summed E-state index contributed by atoms with van der Waals surface area (Å²) in [4.78, 5) is 13.6. The molecule has 0 saturated heterocycles. The monoisotopic (exact) mass is 348 g/mol. The van der Waals surface area contributed by atoms with Crippen LogP contribution < -0.4 is 0 Å². The molecule has 0 unspecified atom stereocenters. The van der Waals surface area contributed by atoms with Crippen LogP contribution in [0.4, 0.5) is 0 Å². The lowest BCUT2D eigenvalue weighted by molar-refractivity contribution is -0.130. The van der Waals surface area contributed by atoms with Crippen molar-refractivity contribution in [1.82, 2.24) is 19.7 Å². The van der Waals surface area contributed by atoms with E-state index in [1.807, 2.05) is 23.2 Å². The number of rotatable bonds is 1. The molecule has 0 aliphatic carbocycles. The summed E-state index contributed by atoms with van der Waals surface area (Å²) < 4.78 is 2.17. The van der Waals surface area contributed by atoms with E-state index < -0.39 is 0 Å². The third-order valence-corrected chi connectivity index (χ3v) is 5.18. The highest BCUT2D eigenvalue weighted by Crippen LogP contribution is 2.41. The zero-order valence-corrected chi connectivity index (χ0v) is 13.9. The van der Waals surface area contributed by atoms with E-state index in [1.165, 1.54) is 0 Å². The van der Waals surface area contributed by atoms with Gasteiger partial charge < -0.3 is 9.47 Å². The SMILES string of the molecule is CC(=O)N1CCn2c(c(-c3cn[nH]c3)c3ccc(Cl)c(Cl)c32)C1. The Hall–Kier alpha value is -1.98. The summed E-state index contributed by atoms with van der Waals surface area (Å²) in [6, 6.07) is 3.79. The lowest BCUT2D eigenvalue weighted by Crippen LogP contribution is -2.36. The van der Waals surface area contributed by atoms with Crippen LogP contribution in [-0.4, -0.2) is 32.1 Å². The third kappa shape index (κ3) is 2.15. The van der Waals surface area contributed by atoms with Crippen LogP contribution in [0.15, 0.2) is 24.5 Å². The first-order valence-electron chi connectivity index (χ1n) is 7.31. The molecule has 3 aromatic rings. The molecule has 7 heteroatoms. The van der Waals surface area contributed by atoms with Gasteiger partial charge in [0.1, 0.15) is 0 Å². The van der Waals surface area contributed by atoms with Crippen LogP contribution in [0, 0.1) is 0 Å². The maximum absolute atomic E-state index is 11.8. The van der Waals surface area contributed by atoms with E-state index in [-0.39, 0.29) is 5.91 Å². The summed E-state index contributed by atoms with van der Waals surface area (Å²) in [5, 5.41) is 9.02. The van der Waals surface area contributed by atoms with Crippen LogP contribution in [0.25, 0.3) is 22.0 Å². The topological polar surface area (TPSA) is 53.9 Å². The molecule has 5 nitrogen and oxygen atoms in total. The van der Waals surface area contributed by atoms with Gasteiger partial charge in [0.05, 0.1) is 28.3 Å². The number of carbonyl (C=O) groups is 1. The number of hydrogen-bond acceptors (Lipinski definition) is 2. The van der Waals surface area contributed by atoms with E-state index in [0.29, 0.717) is 29.7 Å². The number of halogens is 2. The van der Waals surface area contributed by atoms with Gasteiger partial charge in [-0.15, -0.1) is 0 Å². The normalized spacial score (nSPS) is 14.3. The van der Waals surface area contributed by atoms with Crippen molar-refractivity contribution in [3.05, 3.63) is 40.3 Å². The van der Waals surface area contributed by atoms with Crippen LogP contribution in [-0.2, 0) is 17.9 Å². The van der Waals surface area contributed by atoms with Crippen LogP contribution in [0.3, 0.4) is 0 Å². The fourth-order valence-corrected chi connectivity index (χ4v) is 3.72. The van der Waals surface area contributed by atoms with E-state index in [4.69, 9.17) is 23.2 Å². The number of nitrogens with zero attached hydrogens (tertiary/aromatic N) is 3. The Balaban J connectivity index is 2.05. The van der Waals surface area contributed by atoms with Crippen molar-refractivity contribution in [1.29, 1.82) is 0 Å². The predicted octanol–water partition coefficient (Wildman–Crippen LogP) is 3.70. The smallest absolute Gasteiger partial charge is 0.219 e. The molecule has 3 heterocycles. The lowest BCUT2D eigenvalue weighted by Gasteiger charge is -2.29. The highest BCUT2D eigenvalue weighted by Gasteiger charge is 2.27. The number of hydrogen-bond donors (Lipinski definition) is 1. The van der Waals surface area contributed by atoms with Gasteiger partial charge in [0.15, 0.2) is 0 Å². The average molecular weight is 349 g/mol. The highest BCUT2D eigenvalue weighted by atomic mass is 35.5. The molecule has 1 aliphatic heterocycles. The number of nitrogens with one attached hydrogen (secondary N) is 1. The Morgan fingerprint density at radius 2 is 2.13 bits per heavy atom. The Morgan fingerprint density at radius 3 is 2.83 bits per heavy atom. The Labute approximate surface area is 142 Å². The molecule has 1 amide bonds. The molecule has 1 aromatic carbocycles. The van der Waals surface area contributed by atoms with E-state index in [0.717, 1.165) is 27.7 Å². The summed E-state index contributed by atoms with van der Waals surface area (Å²) in [6.07, 6.45) is 3.63. The van der Waals surface area contributed by atoms with E-state index >= 15 is 0 Å². The van der Waals surface area contributed by atoms with E-state index in [9.17, 15) is 4.79 Å². The molecule has 0 fully saturated rings. The van der Waals surface area contributed by atoms with Crippen molar-refractivity contribution < 1.29 is 4.79 Å².